The number of phenols is 2. The Balaban J connectivity index is 1.84. The minimum absolute atomic E-state index is 0.0562. The molecule has 4 rings (SSSR count). The number of benzene rings is 1. The van der Waals surface area contributed by atoms with Gasteiger partial charge < -0.3 is 14.9 Å². The molecule has 0 aliphatic heterocycles. The minimum Gasteiger partial charge on any atom is -0.508 e. The molecule has 3 heteroatoms. The fourth-order valence-corrected chi connectivity index (χ4v) is 7.45. The Bertz CT molecular complexity index is 737. The molecule has 0 spiro atoms. The van der Waals surface area contributed by atoms with Crippen LogP contribution in [0.15, 0.2) is 6.07 Å². The molecule has 4 atom stereocenters. The zero-order chi connectivity index (χ0) is 18.9. The van der Waals surface area contributed by atoms with Crippen LogP contribution in [0.5, 0.6) is 11.5 Å². The van der Waals surface area contributed by atoms with E-state index in [9.17, 15) is 10.2 Å². The summed E-state index contributed by atoms with van der Waals surface area (Å²) in [6, 6.07) is 1.71. The molecule has 1 aromatic carbocycles. The third kappa shape index (κ3) is 2.22. The van der Waals surface area contributed by atoms with Gasteiger partial charge in [-0.1, -0.05) is 34.1 Å². The van der Waals surface area contributed by atoms with Gasteiger partial charge in [0.05, 0.1) is 6.61 Å². The molecule has 2 N–H and O–H groups in total. The van der Waals surface area contributed by atoms with Gasteiger partial charge in [0.25, 0.3) is 0 Å². The summed E-state index contributed by atoms with van der Waals surface area (Å²) in [6.07, 6.45) is 7.07. The maximum Gasteiger partial charge on any atom is 0.125 e. The second-order valence-corrected chi connectivity index (χ2v) is 10.3. The van der Waals surface area contributed by atoms with E-state index in [2.05, 4.69) is 27.7 Å². The fourth-order valence-electron chi connectivity index (χ4n) is 7.45. The molecule has 3 nitrogen and oxygen atoms in total. The van der Waals surface area contributed by atoms with Crippen LogP contribution < -0.4 is 0 Å². The molecule has 0 aromatic heterocycles. The smallest absolute Gasteiger partial charge is 0.125 e. The van der Waals surface area contributed by atoms with E-state index < -0.39 is 0 Å². The second-order valence-electron chi connectivity index (χ2n) is 10.3. The van der Waals surface area contributed by atoms with Crippen molar-refractivity contribution in [3.63, 3.8) is 0 Å². The molecular formula is C23H34O3. The summed E-state index contributed by atoms with van der Waals surface area (Å²) in [5, 5.41) is 21.8. The lowest BCUT2D eigenvalue weighted by atomic mass is 9.43. The zero-order valence-electron chi connectivity index (χ0n) is 17.0. The van der Waals surface area contributed by atoms with Crippen molar-refractivity contribution in [2.24, 2.45) is 22.7 Å². The lowest BCUT2D eigenvalue weighted by molar-refractivity contribution is -0.0985. The molecule has 0 radical (unpaired) electrons. The van der Waals surface area contributed by atoms with E-state index in [0.717, 1.165) is 29.9 Å². The first-order valence-electron chi connectivity index (χ1n) is 10.2. The summed E-state index contributed by atoms with van der Waals surface area (Å²) in [5.74, 6) is 1.91. The molecule has 26 heavy (non-hydrogen) atoms. The molecule has 0 bridgehead atoms. The van der Waals surface area contributed by atoms with Crippen LogP contribution in [0.1, 0.15) is 76.5 Å². The van der Waals surface area contributed by atoms with Gasteiger partial charge in [0.15, 0.2) is 0 Å². The van der Waals surface area contributed by atoms with Crippen molar-refractivity contribution in [2.45, 2.75) is 78.2 Å². The Hall–Kier alpha value is -1.22. The Kier molecular flexibility index (Phi) is 3.94. The number of phenolic OH excluding ortho intramolecular Hbond substituents is 2. The Labute approximate surface area is 157 Å². The van der Waals surface area contributed by atoms with Gasteiger partial charge in [-0.2, -0.15) is 0 Å². The van der Waals surface area contributed by atoms with Crippen LogP contribution in [0.3, 0.4) is 0 Å². The molecular weight excluding hydrogens is 324 g/mol. The Morgan fingerprint density at radius 2 is 1.81 bits per heavy atom. The van der Waals surface area contributed by atoms with E-state index in [1.54, 1.807) is 13.2 Å². The number of hydrogen-bond acceptors (Lipinski definition) is 3. The van der Waals surface area contributed by atoms with Crippen molar-refractivity contribution < 1.29 is 14.9 Å². The first-order chi connectivity index (χ1) is 12.1. The lowest BCUT2D eigenvalue weighted by Gasteiger charge is -2.61. The highest BCUT2D eigenvalue weighted by atomic mass is 16.5. The lowest BCUT2D eigenvalue weighted by Crippen LogP contribution is -2.55. The summed E-state index contributed by atoms with van der Waals surface area (Å²) >= 11 is 0. The predicted molar refractivity (Wildman–Crippen MR) is 103 cm³/mol. The quantitative estimate of drug-likeness (QED) is 0.705. The highest BCUT2D eigenvalue weighted by Gasteiger charge is 2.62. The van der Waals surface area contributed by atoms with Gasteiger partial charge in [0, 0.05) is 29.2 Å². The first kappa shape index (κ1) is 18.2. The average Bonchev–Trinajstić information content (AvgIpc) is 2.87. The largest absolute Gasteiger partial charge is 0.508 e. The van der Waals surface area contributed by atoms with E-state index >= 15 is 0 Å². The van der Waals surface area contributed by atoms with Gasteiger partial charge in [-0.3, -0.25) is 0 Å². The first-order valence-corrected chi connectivity index (χ1v) is 10.2. The summed E-state index contributed by atoms with van der Waals surface area (Å²) in [4.78, 5) is 0. The number of rotatable bonds is 2. The van der Waals surface area contributed by atoms with Gasteiger partial charge in [-0.05, 0) is 60.8 Å². The number of fused-ring (bicyclic) bond motifs is 5. The van der Waals surface area contributed by atoms with E-state index in [0.29, 0.717) is 35.0 Å². The molecule has 2 saturated carbocycles. The Morgan fingerprint density at radius 3 is 2.50 bits per heavy atom. The summed E-state index contributed by atoms with van der Waals surface area (Å²) in [6.45, 7) is 10.1. The van der Waals surface area contributed by atoms with Gasteiger partial charge >= 0.3 is 0 Å². The summed E-state index contributed by atoms with van der Waals surface area (Å²) < 4.78 is 5.25. The number of aromatic hydroxyl groups is 2. The van der Waals surface area contributed by atoms with Gasteiger partial charge in [-0.25, -0.2) is 0 Å². The van der Waals surface area contributed by atoms with E-state index in [4.69, 9.17) is 4.74 Å². The average molecular weight is 359 g/mol. The standard InChI is InChI=1S/C23H34O3/c1-21(2)8-6-9-22(3)17(21)7-10-23(4)18(22)12-15-16(24)11-14(13-26-5)20(25)19(15)23/h11,17-18,24-25H,6-10,12-13H2,1-5H3/t17-,18+,22-,23-/m0/s1. The van der Waals surface area contributed by atoms with E-state index in [-0.39, 0.29) is 10.8 Å². The van der Waals surface area contributed by atoms with Crippen molar-refractivity contribution in [1.82, 2.24) is 0 Å². The third-order valence-electron chi connectivity index (χ3n) is 8.54. The Morgan fingerprint density at radius 1 is 1.08 bits per heavy atom. The second kappa shape index (κ2) is 5.64. The van der Waals surface area contributed by atoms with Crippen LogP contribution in [0, 0.1) is 22.7 Å². The highest BCUT2D eigenvalue weighted by molar-refractivity contribution is 5.59. The molecule has 0 heterocycles. The molecule has 2 fully saturated rings. The van der Waals surface area contributed by atoms with Crippen LogP contribution in [0.2, 0.25) is 0 Å². The highest BCUT2D eigenvalue weighted by Crippen LogP contribution is 2.69. The van der Waals surface area contributed by atoms with Gasteiger partial charge in [0.2, 0.25) is 0 Å². The van der Waals surface area contributed by atoms with Crippen LogP contribution >= 0.6 is 0 Å². The summed E-state index contributed by atoms with van der Waals surface area (Å²) in [5.41, 5.74) is 3.31. The molecule has 0 amide bonds. The maximum absolute atomic E-state index is 11.1. The monoisotopic (exact) mass is 358 g/mol. The maximum atomic E-state index is 11.1. The number of methoxy groups -OCH3 is 1. The zero-order valence-corrected chi connectivity index (χ0v) is 17.0. The third-order valence-corrected chi connectivity index (χ3v) is 8.54. The molecule has 1 aromatic rings. The SMILES string of the molecule is COCc1cc(O)c2c(c1O)[C@@]1(C)CC[C@H]3C(C)(C)CCC[C@]3(C)[C@H]1C2. The van der Waals surface area contributed by atoms with Crippen molar-refractivity contribution in [3.05, 3.63) is 22.8 Å². The van der Waals surface area contributed by atoms with Crippen molar-refractivity contribution in [2.75, 3.05) is 7.11 Å². The van der Waals surface area contributed by atoms with Crippen LogP contribution in [-0.2, 0) is 23.2 Å². The van der Waals surface area contributed by atoms with Gasteiger partial charge in [-0.15, -0.1) is 0 Å². The molecule has 3 aliphatic carbocycles. The molecule has 0 saturated heterocycles. The van der Waals surface area contributed by atoms with E-state index in [1.807, 2.05) is 0 Å². The molecule has 3 aliphatic rings. The minimum atomic E-state index is -0.0562. The van der Waals surface area contributed by atoms with Crippen LogP contribution in [-0.4, -0.2) is 17.3 Å². The number of hydrogen-bond donors (Lipinski definition) is 2. The normalized spacial score (nSPS) is 37.7. The van der Waals surface area contributed by atoms with E-state index in [1.165, 1.54) is 25.7 Å². The summed E-state index contributed by atoms with van der Waals surface area (Å²) in [7, 11) is 1.63. The predicted octanol–water partition coefficient (Wildman–Crippen LogP) is 5.30. The van der Waals surface area contributed by atoms with Crippen molar-refractivity contribution in [3.8, 4) is 11.5 Å². The molecule has 144 valence electrons. The fraction of sp³-hybridized carbons (Fsp3) is 0.739. The van der Waals surface area contributed by atoms with Gasteiger partial charge in [0.1, 0.15) is 11.5 Å². The van der Waals surface area contributed by atoms with Crippen molar-refractivity contribution >= 4 is 0 Å². The topological polar surface area (TPSA) is 49.7 Å². The van der Waals surface area contributed by atoms with Crippen molar-refractivity contribution in [1.29, 1.82) is 0 Å². The van der Waals surface area contributed by atoms with Crippen LogP contribution in [0.25, 0.3) is 0 Å². The molecule has 0 unspecified atom stereocenters. The number of ether oxygens (including phenoxy) is 1. The van der Waals surface area contributed by atoms with Crippen LogP contribution in [0.4, 0.5) is 0 Å².